The molecule has 1 saturated heterocycles. The van der Waals surface area contributed by atoms with Crippen molar-refractivity contribution in [3.8, 4) is 5.75 Å². The molecule has 0 saturated carbocycles. The third-order valence-corrected chi connectivity index (χ3v) is 4.11. The van der Waals surface area contributed by atoms with Crippen LogP contribution < -0.4 is 10.2 Å². The molecule has 1 heterocycles. The SMILES string of the molecule is O=C(Nc1cc(Cl)ccc1O)C1CC(=O)N(c2cc(F)cc(F)c2)C1. The van der Waals surface area contributed by atoms with Crippen molar-refractivity contribution >= 4 is 34.8 Å². The van der Waals surface area contributed by atoms with Crippen molar-refractivity contribution in [3.05, 3.63) is 53.1 Å². The molecule has 25 heavy (non-hydrogen) atoms. The summed E-state index contributed by atoms with van der Waals surface area (Å²) in [7, 11) is 0. The highest BCUT2D eigenvalue weighted by Gasteiger charge is 2.35. The van der Waals surface area contributed by atoms with Crippen molar-refractivity contribution < 1.29 is 23.5 Å². The van der Waals surface area contributed by atoms with Gasteiger partial charge >= 0.3 is 0 Å². The molecule has 2 aromatic rings. The van der Waals surface area contributed by atoms with Crippen LogP contribution in [0.3, 0.4) is 0 Å². The van der Waals surface area contributed by atoms with Crippen LogP contribution in [0.4, 0.5) is 20.2 Å². The van der Waals surface area contributed by atoms with Gasteiger partial charge in [-0.2, -0.15) is 0 Å². The van der Waals surface area contributed by atoms with E-state index in [1.165, 1.54) is 18.2 Å². The van der Waals surface area contributed by atoms with Crippen molar-refractivity contribution in [2.75, 3.05) is 16.8 Å². The van der Waals surface area contributed by atoms with Crippen LogP contribution in [-0.4, -0.2) is 23.5 Å². The Hall–Kier alpha value is -2.67. The number of carbonyl (C=O) groups is 2. The number of hydrogen-bond donors (Lipinski definition) is 2. The Morgan fingerprint density at radius 3 is 2.56 bits per heavy atom. The Balaban J connectivity index is 1.75. The first-order valence-electron chi connectivity index (χ1n) is 7.39. The lowest BCUT2D eigenvalue weighted by atomic mass is 10.1. The van der Waals surface area contributed by atoms with Gasteiger partial charge in [-0.25, -0.2) is 8.78 Å². The molecule has 1 unspecified atom stereocenters. The molecule has 130 valence electrons. The molecule has 2 N–H and O–H groups in total. The summed E-state index contributed by atoms with van der Waals surface area (Å²) in [6.45, 7) is -0.0190. The molecule has 5 nitrogen and oxygen atoms in total. The van der Waals surface area contributed by atoms with E-state index in [1.807, 2.05) is 0 Å². The van der Waals surface area contributed by atoms with Crippen LogP contribution >= 0.6 is 11.6 Å². The minimum absolute atomic E-state index is 0.0190. The summed E-state index contributed by atoms with van der Waals surface area (Å²) in [6, 6.07) is 6.95. The number of phenols is 1. The summed E-state index contributed by atoms with van der Waals surface area (Å²) >= 11 is 5.82. The van der Waals surface area contributed by atoms with Gasteiger partial charge in [-0.05, 0) is 30.3 Å². The highest BCUT2D eigenvalue weighted by Crippen LogP contribution is 2.30. The van der Waals surface area contributed by atoms with Gasteiger partial charge in [-0.1, -0.05) is 11.6 Å². The second-order valence-electron chi connectivity index (χ2n) is 5.68. The van der Waals surface area contributed by atoms with E-state index in [1.54, 1.807) is 0 Å². The molecule has 0 bridgehead atoms. The third-order valence-electron chi connectivity index (χ3n) is 3.87. The largest absolute Gasteiger partial charge is 0.506 e. The number of benzene rings is 2. The van der Waals surface area contributed by atoms with E-state index in [0.717, 1.165) is 17.0 Å². The summed E-state index contributed by atoms with van der Waals surface area (Å²) in [4.78, 5) is 25.6. The van der Waals surface area contributed by atoms with E-state index in [-0.39, 0.29) is 30.1 Å². The number of anilines is 2. The summed E-state index contributed by atoms with van der Waals surface area (Å²) in [5.41, 5.74) is 0.184. The van der Waals surface area contributed by atoms with Gasteiger partial charge in [0.05, 0.1) is 11.6 Å². The van der Waals surface area contributed by atoms with Crippen molar-refractivity contribution in [2.45, 2.75) is 6.42 Å². The molecule has 2 aromatic carbocycles. The number of amides is 2. The minimum atomic E-state index is -0.806. The van der Waals surface area contributed by atoms with E-state index in [9.17, 15) is 23.5 Å². The van der Waals surface area contributed by atoms with Crippen molar-refractivity contribution in [3.63, 3.8) is 0 Å². The second kappa shape index (κ2) is 6.68. The maximum atomic E-state index is 13.3. The lowest BCUT2D eigenvalue weighted by Crippen LogP contribution is -2.28. The van der Waals surface area contributed by atoms with E-state index in [2.05, 4.69) is 5.32 Å². The predicted octanol–water partition coefficient (Wildman–Crippen LogP) is 3.32. The molecule has 0 aliphatic carbocycles. The van der Waals surface area contributed by atoms with Crippen LogP contribution in [0.15, 0.2) is 36.4 Å². The fraction of sp³-hybridized carbons (Fsp3) is 0.176. The zero-order valence-corrected chi connectivity index (χ0v) is 13.6. The summed E-state index contributed by atoms with van der Waals surface area (Å²) in [6.07, 6.45) is -0.106. The molecule has 0 aromatic heterocycles. The molecule has 1 fully saturated rings. The van der Waals surface area contributed by atoms with Crippen molar-refractivity contribution in [1.29, 1.82) is 0 Å². The number of rotatable bonds is 3. The van der Waals surface area contributed by atoms with Gasteiger partial charge in [0.25, 0.3) is 0 Å². The third kappa shape index (κ3) is 3.71. The van der Waals surface area contributed by atoms with Crippen LogP contribution in [0.1, 0.15) is 6.42 Å². The standard InChI is InChI=1S/C17H13ClF2N2O3/c18-10-1-2-15(23)14(4-10)21-17(25)9-3-16(24)22(8-9)13-6-11(19)5-12(20)7-13/h1-2,4-7,9,23H,3,8H2,(H,21,25). The predicted molar refractivity (Wildman–Crippen MR) is 88.6 cm³/mol. The van der Waals surface area contributed by atoms with E-state index in [4.69, 9.17) is 11.6 Å². The van der Waals surface area contributed by atoms with Gasteiger partial charge in [-0.15, -0.1) is 0 Å². The molecule has 1 atom stereocenters. The van der Waals surface area contributed by atoms with E-state index in [0.29, 0.717) is 11.1 Å². The maximum absolute atomic E-state index is 13.3. The normalized spacial score (nSPS) is 17.0. The summed E-state index contributed by atoms with van der Waals surface area (Å²) in [5, 5.41) is 12.6. The molecule has 8 heteroatoms. The smallest absolute Gasteiger partial charge is 0.229 e. The van der Waals surface area contributed by atoms with Gasteiger partial charge in [0.2, 0.25) is 11.8 Å². The highest BCUT2D eigenvalue weighted by atomic mass is 35.5. The van der Waals surface area contributed by atoms with Crippen molar-refractivity contribution in [2.24, 2.45) is 5.92 Å². The van der Waals surface area contributed by atoms with E-state index >= 15 is 0 Å². The van der Waals surface area contributed by atoms with Crippen LogP contribution in [0, 0.1) is 17.6 Å². The van der Waals surface area contributed by atoms with Crippen LogP contribution in [0.5, 0.6) is 5.75 Å². The molecular formula is C17H13ClF2N2O3. The molecule has 2 amide bonds. The summed E-state index contributed by atoms with van der Waals surface area (Å²) in [5.74, 6) is -3.41. The summed E-state index contributed by atoms with van der Waals surface area (Å²) < 4.78 is 26.7. The number of phenolic OH excluding ortho intramolecular Hbond substituents is 1. The number of hydrogen-bond acceptors (Lipinski definition) is 3. The average molecular weight is 367 g/mol. The fourth-order valence-corrected chi connectivity index (χ4v) is 2.84. The molecule has 0 spiro atoms. The van der Waals surface area contributed by atoms with Gasteiger partial charge < -0.3 is 15.3 Å². The first kappa shape index (κ1) is 17.2. The first-order chi connectivity index (χ1) is 11.8. The Morgan fingerprint density at radius 2 is 1.88 bits per heavy atom. The Kier molecular flexibility index (Phi) is 4.59. The Labute approximate surface area is 146 Å². The number of halogens is 3. The van der Waals surface area contributed by atoms with E-state index < -0.39 is 29.4 Å². The molecule has 1 aliphatic heterocycles. The van der Waals surface area contributed by atoms with Gasteiger partial charge in [0.1, 0.15) is 17.4 Å². The highest BCUT2D eigenvalue weighted by molar-refractivity contribution is 6.31. The minimum Gasteiger partial charge on any atom is -0.506 e. The lowest BCUT2D eigenvalue weighted by molar-refractivity contribution is -0.122. The first-order valence-corrected chi connectivity index (χ1v) is 7.77. The maximum Gasteiger partial charge on any atom is 0.229 e. The van der Waals surface area contributed by atoms with Crippen LogP contribution in [0.2, 0.25) is 5.02 Å². The fourth-order valence-electron chi connectivity index (χ4n) is 2.67. The number of nitrogens with zero attached hydrogens (tertiary/aromatic N) is 1. The lowest BCUT2D eigenvalue weighted by Gasteiger charge is -2.17. The Bertz CT molecular complexity index is 840. The van der Waals surface area contributed by atoms with Gasteiger partial charge in [0.15, 0.2) is 0 Å². The Morgan fingerprint density at radius 1 is 1.20 bits per heavy atom. The zero-order valence-electron chi connectivity index (χ0n) is 12.8. The average Bonchev–Trinajstić information content (AvgIpc) is 2.92. The van der Waals surface area contributed by atoms with Gasteiger partial charge in [-0.3, -0.25) is 9.59 Å². The molecule has 1 aliphatic rings. The molecule has 0 radical (unpaired) electrons. The molecule has 3 rings (SSSR count). The number of aromatic hydroxyl groups is 1. The van der Waals surface area contributed by atoms with Crippen molar-refractivity contribution in [1.82, 2.24) is 0 Å². The molecular weight excluding hydrogens is 354 g/mol. The topological polar surface area (TPSA) is 69.6 Å². The van der Waals surface area contributed by atoms with Crippen LogP contribution in [0.25, 0.3) is 0 Å². The van der Waals surface area contributed by atoms with Crippen LogP contribution in [-0.2, 0) is 9.59 Å². The zero-order chi connectivity index (χ0) is 18.1. The van der Waals surface area contributed by atoms with Gasteiger partial charge in [0, 0.05) is 29.7 Å². The number of nitrogens with one attached hydrogen (secondary N) is 1. The monoisotopic (exact) mass is 366 g/mol. The second-order valence-corrected chi connectivity index (χ2v) is 6.12. The number of carbonyl (C=O) groups excluding carboxylic acids is 2. The quantitative estimate of drug-likeness (QED) is 0.819.